The van der Waals surface area contributed by atoms with E-state index >= 15 is 0 Å². The van der Waals surface area contributed by atoms with Crippen LogP contribution in [0, 0.1) is 0 Å². The van der Waals surface area contributed by atoms with Crippen LogP contribution in [0.15, 0.2) is 24.3 Å². The molecule has 1 aliphatic rings. The van der Waals surface area contributed by atoms with E-state index in [0.29, 0.717) is 35.3 Å². The number of hydrogen-bond acceptors (Lipinski definition) is 3. The van der Waals surface area contributed by atoms with E-state index < -0.39 is 6.04 Å². The first-order valence-electron chi connectivity index (χ1n) is 7.02. The maximum absolute atomic E-state index is 12.6. The Balaban J connectivity index is 2.21. The zero-order valence-corrected chi connectivity index (χ0v) is 13.8. The summed E-state index contributed by atoms with van der Waals surface area (Å²) in [6.07, 6.45) is 0. The average Bonchev–Trinajstić information content (AvgIpc) is 2.97. The van der Waals surface area contributed by atoms with Gasteiger partial charge < -0.3 is 9.80 Å². The highest BCUT2D eigenvalue weighted by atomic mass is 35.5. The first kappa shape index (κ1) is 16.2. The van der Waals surface area contributed by atoms with E-state index in [1.54, 1.807) is 45.8 Å². The SMILES string of the molecule is CCN(CC)C(=O)C1CSCN1C(=O)c1ccccc1Cl. The minimum absolute atomic E-state index is 0.0189. The Morgan fingerprint density at radius 2 is 2.00 bits per heavy atom. The van der Waals surface area contributed by atoms with Gasteiger partial charge in [0.1, 0.15) is 6.04 Å². The van der Waals surface area contributed by atoms with Gasteiger partial charge in [-0.25, -0.2) is 0 Å². The van der Waals surface area contributed by atoms with Gasteiger partial charge in [-0.3, -0.25) is 9.59 Å². The lowest BCUT2D eigenvalue weighted by Gasteiger charge is -2.28. The molecule has 1 aromatic rings. The van der Waals surface area contributed by atoms with Crippen molar-refractivity contribution in [2.75, 3.05) is 24.7 Å². The van der Waals surface area contributed by atoms with Gasteiger partial charge in [0.05, 0.1) is 16.5 Å². The maximum atomic E-state index is 12.6. The number of amides is 2. The molecule has 1 heterocycles. The molecule has 4 nitrogen and oxygen atoms in total. The van der Waals surface area contributed by atoms with Crippen molar-refractivity contribution in [1.29, 1.82) is 0 Å². The number of hydrogen-bond donors (Lipinski definition) is 0. The summed E-state index contributed by atoms with van der Waals surface area (Å²) >= 11 is 7.69. The third-order valence-electron chi connectivity index (χ3n) is 3.61. The van der Waals surface area contributed by atoms with E-state index in [9.17, 15) is 9.59 Å². The van der Waals surface area contributed by atoms with E-state index in [0.717, 1.165) is 0 Å². The number of carbonyl (C=O) groups excluding carboxylic acids is 2. The second-order valence-electron chi connectivity index (χ2n) is 4.78. The Labute approximate surface area is 134 Å². The Kier molecular flexibility index (Phi) is 5.53. The highest BCUT2D eigenvalue weighted by Crippen LogP contribution is 2.26. The van der Waals surface area contributed by atoms with Crippen LogP contribution in [0.2, 0.25) is 5.02 Å². The molecule has 2 amide bonds. The van der Waals surface area contributed by atoms with Crippen molar-refractivity contribution in [1.82, 2.24) is 9.80 Å². The summed E-state index contributed by atoms with van der Waals surface area (Å²) in [6.45, 7) is 5.21. The molecule has 1 aromatic carbocycles. The van der Waals surface area contributed by atoms with Gasteiger partial charge in [-0.05, 0) is 26.0 Å². The predicted octanol–water partition coefficient (Wildman–Crippen LogP) is 2.72. The zero-order chi connectivity index (χ0) is 15.4. The quantitative estimate of drug-likeness (QED) is 0.854. The van der Waals surface area contributed by atoms with Crippen LogP contribution in [-0.2, 0) is 4.79 Å². The molecule has 1 aliphatic heterocycles. The number of thioether (sulfide) groups is 1. The van der Waals surface area contributed by atoms with Crippen LogP contribution in [0.1, 0.15) is 24.2 Å². The summed E-state index contributed by atoms with van der Waals surface area (Å²) in [4.78, 5) is 28.6. The molecule has 0 aliphatic carbocycles. The molecule has 1 fully saturated rings. The number of carbonyl (C=O) groups is 2. The summed E-state index contributed by atoms with van der Waals surface area (Å²) in [6, 6.07) is 6.57. The largest absolute Gasteiger partial charge is 0.341 e. The highest BCUT2D eigenvalue weighted by Gasteiger charge is 2.37. The minimum Gasteiger partial charge on any atom is -0.341 e. The molecule has 0 spiro atoms. The molecule has 1 unspecified atom stereocenters. The summed E-state index contributed by atoms with van der Waals surface area (Å²) in [5.74, 6) is 1.02. The van der Waals surface area contributed by atoms with Crippen LogP contribution in [0.3, 0.4) is 0 Å². The molecule has 114 valence electrons. The molecular formula is C15H19ClN2O2S. The van der Waals surface area contributed by atoms with Gasteiger partial charge in [0, 0.05) is 18.8 Å². The summed E-state index contributed by atoms with van der Waals surface area (Å²) in [7, 11) is 0. The summed E-state index contributed by atoms with van der Waals surface area (Å²) in [5.41, 5.74) is 0.457. The minimum atomic E-state index is -0.390. The Hall–Kier alpha value is -1.20. The molecule has 0 saturated carbocycles. The fourth-order valence-corrected chi connectivity index (χ4v) is 3.74. The van der Waals surface area contributed by atoms with Gasteiger partial charge in [-0.2, -0.15) is 0 Å². The first-order chi connectivity index (χ1) is 10.1. The number of rotatable bonds is 4. The summed E-state index contributed by atoms with van der Waals surface area (Å²) in [5, 5.41) is 0.424. The number of halogens is 1. The van der Waals surface area contributed by atoms with Gasteiger partial charge in [0.25, 0.3) is 5.91 Å². The van der Waals surface area contributed by atoms with E-state index in [1.165, 1.54) is 0 Å². The van der Waals surface area contributed by atoms with Crippen molar-refractivity contribution in [2.45, 2.75) is 19.9 Å². The van der Waals surface area contributed by atoms with E-state index in [1.807, 2.05) is 13.8 Å². The molecule has 6 heteroatoms. The summed E-state index contributed by atoms with van der Waals surface area (Å²) < 4.78 is 0. The highest BCUT2D eigenvalue weighted by molar-refractivity contribution is 7.99. The third-order valence-corrected chi connectivity index (χ3v) is 4.95. The van der Waals surface area contributed by atoms with Crippen LogP contribution < -0.4 is 0 Å². The lowest BCUT2D eigenvalue weighted by molar-refractivity contribution is -0.134. The van der Waals surface area contributed by atoms with Crippen molar-refractivity contribution in [3.05, 3.63) is 34.9 Å². The lowest BCUT2D eigenvalue weighted by Crippen LogP contribution is -2.49. The van der Waals surface area contributed by atoms with E-state index in [4.69, 9.17) is 11.6 Å². The molecule has 0 aromatic heterocycles. The van der Waals surface area contributed by atoms with Crippen molar-refractivity contribution >= 4 is 35.2 Å². The van der Waals surface area contributed by atoms with E-state index in [2.05, 4.69) is 0 Å². The van der Waals surface area contributed by atoms with E-state index in [-0.39, 0.29) is 11.8 Å². The molecule has 1 saturated heterocycles. The van der Waals surface area contributed by atoms with Gasteiger partial charge in [-0.15, -0.1) is 11.8 Å². The zero-order valence-electron chi connectivity index (χ0n) is 12.2. The van der Waals surface area contributed by atoms with Crippen LogP contribution >= 0.6 is 23.4 Å². The lowest BCUT2D eigenvalue weighted by atomic mass is 10.1. The molecule has 1 atom stereocenters. The Bertz CT molecular complexity index is 534. The predicted molar refractivity (Wildman–Crippen MR) is 86.7 cm³/mol. The normalized spacial score (nSPS) is 17.9. The monoisotopic (exact) mass is 326 g/mol. The van der Waals surface area contributed by atoms with Crippen molar-refractivity contribution in [2.24, 2.45) is 0 Å². The van der Waals surface area contributed by atoms with Crippen LogP contribution in [0.5, 0.6) is 0 Å². The first-order valence-corrected chi connectivity index (χ1v) is 8.55. The van der Waals surface area contributed by atoms with Gasteiger partial charge in [0.15, 0.2) is 0 Å². The van der Waals surface area contributed by atoms with Gasteiger partial charge >= 0.3 is 0 Å². The topological polar surface area (TPSA) is 40.6 Å². The molecular weight excluding hydrogens is 308 g/mol. The van der Waals surface area contributed by atoms with Crippen LogP contribution in [0.25, 0.3) is 0 Å². The number of likely N-dealkylation sites (N-methyl/N-ethyl adjacent to an activating group) is 1. The second kappa shape index (κ2) is 7.18. The van der Waals surface area contributed by atoms with Crippen LogP contribution in [0.4, 0.5) is 0 Å². The van der Waals surface area contributed by atoms with Gasteiger partial charge in [0.2, 0.25) is 5.91 Å². The Morgan fingerprint density at radius 3 is 2.62 bits per heavy atom. The fourth-order valence-electron chi connectivity index (χ4n) is 2.38. The maximum Gasteiger partial charge on any atom is 0.256 e. The molecule has 0 N–H and O–H groups in total. The van der Waals surface area contributed by atoms with Crippen molar-refractivity contribution in [3.63, 3.8) is 0 Å². The Morgan fingerprint density at radius 1 is 1.33 bits per heavy atom. The average molecular weight is 327 g/mol. The van der Waals surface area contributed by atoms with Crippen LogP contribution in [-0.4, -0.2) is 52.4 Å². The van der Waals surface area contributed by atoms with Crippen molar-refractivity contribution < 1.29 is 9.59 Å². The number of benzene rings is 1. The molecule has 0 bridgehead atoms. The molecule has 2 rings (SSSR count). The van der Waals surface area contributed by atoms with Crippen molar-refractivity contribution in [3.8, 4) is 0 Å². The number of nitrogens with zero attached hydrogens (tertiary/aromatic N) is 2. The smallest absolute Gasteiger partial charge is 0.256 e. The second-order valence-corrected chi connectivity index (χ2v) is 6.19. The van der Waals surface area contributed by atoms with Gasteiger partial charge in [-0.1, -0.05) is 23.7 Å². The third kappa shape index (κ3) is 3.35. The molecule has 21 heavy (non-hydrogen) atoms. The molecule has 0 radical (unpaired) electrons. The standard InChI is InChI=1S/C15H19ClN2O2S/c1-3-17(4-2)15(20)13-9-21-10-18(13)14(19)11-7-5-6-8-12(11)16/h5-8,13H,3-4,9-10H2,1-2H3. The fraction of sp³-hybridized carbons (Fsp3) is 0.467.